The third-order valence-electron chi connectivity index (χ3n) is 7.01. The number of anilines is 1. The molecule has 3 aromatic heterocycles. The quantitative estimate of drug-likeness (QED) is 0.0660. The van der Waals surface area contributed by atoms with Crippen molar-refractivity contribution in [1.29, 1.82) is 0 Å². The molecule has 21 heteroatoms. The molecular formula is C21H28FN10O7PS2. The first-order chi connectivity index (χ1) is 19.9. The van der Waals surface area contributed by atoms with Crippen LogP contribution < -0.4 is 17.0 Å². The Morgan fingerprint density at radius 1 is 1.36 bits per heavy atom. The van der Waals surface area contributed by atoms with Crippen molar-refractivity contribution in [2.45, 2.75) is 47.0 Å². The minimum absolute atomic E-state index is 0.0258. The number of fused-ring (bicyclic) bond motifs is 1. The third-order valence-corrected chi connectivity index (χ3v) is 11.8. The normalized spacial score (nSPS) is 31.5. The fourth-order valence-electron chi connectivity index (χ4n) is 4.91. The van der Waals surface area contributed by atoms with E-state index in [9.17, 15) is 24.7 Å². The smallest absolute Gasteiger partial charge is 0.280 e. The average Bonchev–Trinajstić information content (AvgIpc) is 3.71. The summed E-state index contributed by atoms with van der Waals surface area (Å²) < 4.78 is 43.1. The molecule has 0 amide bonds. The van der Waals surface area contributed by atoms with Crippen molar-refractivity contribution in [2.75, 3.05) is 26.0 Å². The molecule has 8 N–H and O–H groups in total. The number of ether oxygens (including phenoxy) is 1. The van der Waals surface area contributed by atoms with Crippen molar-refractivity contribution >= 4 is 66.1 Å². The zero-order valence-corrected chi connectivity index (χ0v) is 24.4. The van der Waals surface area contributed by atoms with E-state index in [1.165, 1.54) is 28.8 Å². The largest absolute Gasteiger partial charge is 0.395 e. The molecule has 9 atom stereocenters. The summed E-state index contributed by atoms with van der Waals surface area (Å²) >= 11 is 5.31. The van der Waals surface area contributed by atoms with Gasteiger partial charge >= 0.3 is 0 Å². The number of aromatic amines is 1. The van der Waals surface area contributed by atoms with Crippen molar-refractivity contribution in [3.63, 3.8) is 0 Å². The van der Waals surface area contributed by atoms with Crippen LogP contribution in [0.2, 0.25) is 0 Å². The van der Waals surface area contributed by atoms with E-state index in [-0.39, 0.29) is 34.5 Å². The molecule has 5 heterocycles. The molecule has 2 fully saturated rings. The lowest BCUT2D eigenvalue weighted by atomic mass is 10.1. The standard InChI is InChI=1S/C21H28FN10O7PS2/c1-25-15(23)10-16(26-2)31(5-27-10)19-9(22)12(34)7(39-19)4-38-40(37,41)14-13(35)8(3-33)42-20(14)32-6-28-11-17(32)29-21(24)30-18(11)36/h5-9,12-14,19-20,33-35H,2-4H2,1H3,(H2,23,25)(H,37,41)(H3,24,29,30,36)/t7-,8-,9+,12-,13-,14-,19-,20-,40?/m1/s1. The first-order valence-corrected chi connectivity index (χ1v) is 16.1. The Morgan fingerprint density at radius 2 is 2.07 bits per heavy atom. The Morgan fingerprint density at radius 3 is 2.74 bits per heavy atom. The number of H-pyrrole nitrogens is 1. The Kier molecular flexibility index (Phi) is 8.52. The van der Waals surface area contributed by atoms with Gasteiger partial charge in [-0.15, -0.1) is 11.8 Å². The molecular weight excluding hydrogens is 618 g/mol. The number of thioether (sulfide) groups is 1. The van der Waals surface area contributed by atoms with Gasteiger partial charge in [0.05, 0.1) is 42.6 Å². The summed E-state index contributed by atoms with van der Waals surface area (Å²) in [6.07, 6.45) is -5.35. The summed E-state index contributed by atoms with van der Waals surface area (Å²) in [6.45, 7) is -1.76. The Labute approximate surface area is 245 Å². The minimum atomic E-state index is -4.14. The van der Waals surface area contributed by atoms with Crippen LogP contribution in [0, 0.1) is 0 Å². The number of rotatable bonds is 9. The summed E-state index contributed by atoms with van der Waals surface area (Å²) in [5.41, 5.74) is 9.79. The van der Waals surface area contributed by atoms with Gasteiger partial charge in [-0.3, -0.25) is 23.9 Å². The first-order valence-electron chi connectivity index (χ1n) is 12.3. The van der Waals surface area contributed by atoms with Gasteiger partial charge in [0.15, 0.2) is 29.4 Å². The highest BCUT2D eigenvalue weighted by molar-refractivity contribution is 8.46. The van der Waals surface area contributed by atoms with Gasteiger partial charge in [-0.1, -0.05) is 12.2 Å². The maximum atomic E-state index is 15.2. The molecule has 5 rings (SSSR count). The number of hydrogen-bond acceptors (Lipinski definition) is 14. The fourth-order valence-corrected chi connectivity index (χ4v) is 9.95. The Bertz CT molecular complexity index is 1630. The SMILES string of the molecule is C=Nc1c(/C(N)=N\C)ncn1[C@@H]1O[C@H](COP(=O)(S)[C@@H]2[C@H](O)[C@@H](CO)S[C@H]2n2cnc3c(=O)[nH]c(N)nc32)[C@@H](O)[C@@H]1F. The van der Waals surface area contributed by atoms with Gasteiger partial charge in [-0.2, -0.15) is 4.98 Å². The van der Waals surface area contributed by atoms with Gasteiger partial charge in [0.1, 0.15) is 29.4 Å². The molecule has 2 aliphatic heterocycles. The number of aliphatic hydroxyl groups is 3. The van der Waals surface area contributed by atoms with Crippen LogP contribution in [0.3, 0.4) is 0 Å². The molecule has 0 aromatic carbocycles. The van der Waals surface area contributed by atoms with Crippen LogP contribution in [0.1, 0.15) is 17.3 Å². The van der Waals surface area contributed by atoms with Crippen molar-refractivity contribution in [1.82, 2.24) is 29.1 Å². The van der Waals surface area contributed by atoms with Gasteiger partial charge in [-0.05, 0) is 6.72 Å². The maximum Gasteiger partial charge on any atom is 0.280 e. The van der Waals surface area contributed by atoms with Crippen LogP contribution >= 0.6 is 30.6 Å². The lowest BCUT2D eigenvalue weighted by Gasteiger charge is -2.28. The van der Waals surface area contributed by atoms with Crippen LogP contribution in [0.5, 0.6) is 0 Å². The minimum Gasteiger partial charge on any atom is -0.395 e. The number of nitrogens with one attached hydrogen (secondary N) is 1. The van der Waals surface area contributed by atoms with Gasteiger partial charge in [0.2, 0.25) is 5.95 Å². The number of aliphatic hydroxyl groups excluding tert-OH is 3. The maximum absolute atomic E-state index is 15.2. The summed E-state index contributed by atoms with van der Waals surface area (Å²) in [5.74, 6) is -0.104. The number of alkyl halides is 1. The second-order valence-electron chi connectivity index (χ2n) is 9.46. The topological polar surface area (TPSA) is 254 Å². The van der Waals surface area contributed by atoms with E-state index in [0.29, 0.717) is 0 Å². The van der Waals surface area contributed by atoms with Crippen LogP contribution in [0.4, 0.5) is 16.2 Å². The molecule has 3 aromatic rings. The molecule has 0 bridgehead atoms. The van der Waals surface area contributed by atoms with E-state index < -0.39 is 72.3 Å². The average molecular weight is 647 g/mol. The number of nitrogens with two attached hydrogens (primary N) is 2. The Balaban J connectivity index is 1.39. The number of nitrogen functional groups attached to an aromatic ring is 1. The van der Waals surface area contributed by atoms with Crippen molar-refractivity contribution in [3.05, 3.63) is 28.7 Å². The van der Waals surface area contributed by atoms with E-state index in [1.54, 1.807) is 0 Å². The molecule has 1 unspecified atom stereocenters. The summed E-state index contributed by atoms with van der Waals surface area (Å²) in [5, 5.41) is 29.7. The monoisotopic (exact) mass is 646 g/mol. The number of aromatic nitrogens is 6. The van der Waals surface area contributed by atoms with E-state index in [2.05, 4.69) is 48.9 Å². The van der Waals surface area contributed by atoms with E-state index >= 15 is 4.39 Å². The molecule has 2 saturated heterocycles. The lowest BCUT2D eigenvalue weighted by molar-refractivity contribution is -0.0416. The van der Waals surface area contributed by atoms with Crippen LogP contribution in [-0.4, -0.2) is 113 Å². The number of nitrogens with zero attached hydrogens (tertiary/aromatic N) is 7. The predicted molar refractivity (Wildman–Crippen MR) is 155 cm³/mol. The molecule has 0 spiro atoms. The molecule has 17 nitrogen and oxygen atoms in total. The molecule has 0 radical (unpaired) electrons. The van der Waals surface area contributed by atoms with Gasteiger partial charge in [0.25, 0.3) is 12.1 Å². The fraction of sp³-hybridized carbons (Fsp3) is 0.524. The molecule has 0 saturated carbocycles. The first kappa shape index (κ1) is 30.6. The zero-order chi connectivity index (χ0) is 30.5. The van der Waals surface area contributed by atoms with Gasteiger partial charge in [-0.25, -0.2) is 19.4 Å². The molecule has 2 aliphatic rings. The highest BCUT2D eigenvalue weighted by atomic mass is 32.7. The highest BCUT2D eigenvalue weighted by Gasteiger charge is 2.54. The second kappa shape index (κ2) is 11.7. The van der Waals surface area contributed by atoms with Crippen LogP contribution in [0.25, 0.3) is 11.2 Å². The number of halogens is 1. The second-order valence-corrected chi connectivity index (χ2v) is 14.5. The number of thiol groups is 1. The number of imidazole rings is 2. The number of amidine groups is 1. The summed E-state index contributed by atoms with van der Waals surface area (Å²) in [7, 11) is 1.44. The predicted octanol–water partition coefficient (Wildman–Crippen LogP) is -0.663. The van der Waals surface area contributed by atoms with Gasteiger partial charge in [0, 0.05) is 7.05 Å². The molecule has 228 valence electrons. The van der Waals surface area contributed by atoms with Gasteiger partial charge < -0.3 is 40.6 Å². The third kappa shape index (κ3) is 5.15. The van der Waals surface area contributed by atoms with E-state index in [4.69, 9.17) is 20.7 Å². The lowest BCUT2D eigenvalue weighted by Crippen LogP contribution is -2.35. The van der Waals surface area contributed by atoms with Crippen molar-refractivity contribution in [2.24, 2.45) is 15.7 Å². The highest BCUT2D eigenvalue weighted by Crippen LogP contribution is 2.66. The van der Waals surface area contributed by atoms with Crippen molar-refractivity contribution in [3.8, 4) is 0 Å². The van der Waals surface area contributed by atoms with E-state index in [1.807, 2.05) is 0 Å². The number of aliphatic imine (C=N–C) groups is 2. The summed E-state index contributed by atoms with van der Waals surface area (Å²) in [6, 6.07) is 0. The van der Waals surface area contributed by atoms with E-state index in [0.717, 1.165) is 11.8 Å². The van der Waals surface area contributed by atoms with Crippen molar-refractivity contribution < 1.29 is 33.5 Å². The summed E-state index contributed by atoms with van der Waals surface area (Å²) in [4.78, 5) is 34.5. The Hall–Kier alpha value is -2.84. The molecule has 0 aliphatic carbocycles. The number of hydrogen-bond donors (Lipinski definition) is 7. The molecule has 42 heavy (non-hydrogen) atoms. The van der Waals surface area contributed by atoms with Crippen LogP contribution in [0.15, 0.2) is 27.4 Å². The zero-order valence-electron chi connectivity index (χ0n) is 21.8. The van der Waals surface area contributed by atoms with Crippen LogP contribution in [-0.2, 0) is 13.8 Å².